The van der Waals surface area contributed by atoms with Crippen molar-refractivity contribution >= 4 is 34.5 Å². The highest BCUT2D eigenvalue weighted by molar-refractivity contribution is 14.1. The minimum absolute atomic E-state index is 0.263. The third-order valence-electron chi connectivity index (χ3n) is 2.48. The monoisotopic (exact) mass is 372 g/mol. The van der Waals surface area contributed by atoms with Crippen molar-refractivity contribution in [3.05, 3.63) is 51.1 Å². The number of carboxylic acids is 2. The zero-order chi connectivity index (χ0) is 14.0. The predicted molar refractivity (Wildman–Crippen MR) is 74.4 cm³/mol. The Balaban J connectivity index is 2.41. The molecule has 0 amide bonds. The number of carboxylic acid groups (broad SMARTS) is 2. The van der Waals surface area contributed by atoms with E-state index in [1.54, 1.807) is 0 Å². The van der Waals surface area contributed by atoms with E-state index in [4.69, 9.17) is 10.2 Å². The molecule has 6 nitrogen and oxygen atoms in total. The Morgan fingerprint density at radius 1 is 1.26 bits per heavy atom. The summed E-state index contributed by atoms with van der Waals surface area (Å²) in [5.41, 5.74) is 0.119. The van der Waals surface area contributed by atoms with Crippen molar-refractivity contribution in [1.29, 1.82) is 0 Å². The summed E-state index contributed by atoms with van der Waals surface area (Å²) in [6.45, 7) is 0.263. The van der Waals surface area contributed by atoms with Gasteiger partial charge in [-0.2, -0.15) is 0 Å². The Labute approximate surface area is 121 Å². The van der Waals surface area contributed by atoms with Gasteiger partial charge in [0.1, 0.15) is 0 Å². The van der Waals surface area contributed by atoms with Gasteiger partial charge >= 0.3 is 11.9 Å². The number of hydrogen-bond acceptors (Lipinski definition) is 3. The van der Waals surface area contributed by atoms with E-state index in [1.807, 2.05) is 24.3 Å². The normalized spacial score (nSPS) is 10.4. The SMILES string of the molecule is O=C(O)c1ncn(Cc2cccc(I)c2)c1C(=O)O. The van der Waals surface area contributed by atoms with Gasteiger partial charge in [-0.3, -0.25) is 0 Å². The van der Waals surface area contributed by atoms with Crippen LogP contribution in [0.4, 0.5) is 0 Å². The summed E-state index contributed by atoms with van der Waals surface area (Å²) < 4.78 is 2.34. The van der Waals surface area contributed by atoms with E-state index in [0.717, 1.165) is 9.13 Å². The van der Waals surface area contributed by atoms with Gasteiger partial charge in [-0.25, -0.2) is 14.6 Å². The molecule has 7 heteroatoms. The maximum atomic E-state index is 11.1. The zero-order valence-electron chi connectivity index (χ0n) is 9.58. The van der Waals surface area contributed by atoms with Crippen LogP contribution in [0.1, 0.15) is 26.5 Å². The number of benzene rings is 1. The molecule has 0 bridgehead atoms. The number of halogens is 1. The number of hydrogen-bond donors (Lipinski definition) is 2. The Bertz CT molecular complexity index is 651. The van der Waals surface area contributed by atoms with Crippen LogP contribution in [0.2, 0.25) is 0 Å². The highest BCUT2D eigenvalue weighted by atomic mass is 127. The van der Waals surface area contributed by atoms with Crippen molar-refractivity contribution in [3.8, 4) is 0 Å². The summed E-state index contributed by atoms with van der Waals surface area (Å²) in [6, 6.07) is 7.51. The third kappa shape index (κ3) is 2.92. The molecule has 2 rings (SSSR count). The number of nitrogens with zero attached hydrogens (tertiary/aromatic N) is 2. The first-order valence-electron chi connectivity index (χ1n) is 5.25. The number of carbonyl (C=O) groups is 2. The minimum atomic E-state index is -1.35. The van der Waals surface area contributed by atoms with Crippen molar-refractivity contribution in [2.45, 2.75) is 6.54 Å². The van der Waals surface area contributed by atoms with Gasteiger partial charge in [0, 0.05) is 10.1 Å². The first-order valence-corrected chi connectivity index (χ1v) is 6.33. The van der Waals surface area contributed by atoms with Gasteiger partial charge in [0.05, 0.1) is 6.33 Å². The Kier molecular flexibility index (Phi) is 3.84. The molecule has 1 aromatic carbocycles. The number of imidazole rings is 1. The number of rotatable bonds is 4. The third-order valence-corrected chi connectivity index (χ3v) is 3.16. The minimum Gasteiger partial charge on any atom is -0.476 e. The standard InChI is InChI=1S/C12H9IN2O4/c13-8-3-1-2-7(4-8)5-15-6-14-9(11(16)17)10(15)12(18)19/h1-4,6H,5H2,(H,16,17)(H,18,19). The molecule has 0 saturated carbocycles. The zero-order valence-corrected chi connectivity index (χ0v) is 11.7. The Morgan fingerprint density at radius 2 is 2.00 bits per heavy atom. The molecule has 2 aromatic rings. The van der Waals surface area contributed by atoms with Crippen LogP contribution in [0, 0.1) is 3.57 Å². The summed E-state index contributed by atoms with van der Waals surface area (Å²) in [6.07, 6.45) is 1.23. The fourth-order valence-electron chi connectivity index (χ4n) is 1.71. The molecule has 2 N–H and O–H groups in total. The van der Waals surface area contributed by atoms with E-state index >= 15 is 0 Å². The predicted octanol–water partition coefficient (Wildman–Crippen LogP) is 1.93. The van der Waals surface area contributed by atoms with Crippen LogP contribution in [-0.2, 0) is 6.54 Å². The van der Waals surface area contributed by atoms with E-state index < -0.39 is 17.6 Å². The fourth-order valence-corrected chi connectivity index (χ4v) is 2.32. The van der Waals surface area contributed by atoms with E-state index in [2.05, 4.69) is 27.6 Å². The summed E-state index contributed by atoms with van der Waals surface area (Å²) in [7, 11) is 0. The molecule has 0 aliphatic rings. The van der Waals surface area contributed by atoms with Crippen molar-refractivity contribution in [3.63, 3.8) is 0 Å². The van der Waals surface area contributed by atoms with Gasteiger partial charge in [-0.1, -0.05) is 12.1 Å². The largest absolute Gasteiger partial charge is 0.476 e. The molecule has 0 fully saturated rings. The maximum Gasteiger partial charge on any atom is 0.357 e. The fraction of sp³-hybridized carbons (Fsp3) is 0.0833. The summed E-state index contributed by atoms with van der Waals surface area (Å²) >= 11 is 2.15. The molecule has 1 aromatic heterocycles. The smallest absolute Gasteiger partial charge is 0.357 e. The highest BCUT2D eigenvalue weighted by Crippen LogP contribution is 2.13. The van der Waals surface area contributed by atoms with E-state index in [9.17, 15) is 9.59 Å². The summed E-state index contributed by atoms with van der Waals surface area (Å²) in [5, 5.41) is 18.0. The summed E-state index contributed by atoms with van der Waals surface area (Å²) in [4.78, 5) is 25.7. The van der Waals surface area contributed by atoms with Crippen LogP contribution < -0.4 is 0 Å². The van der Waals surface area contributed by atoms with Crippen molar-refractivity contribution in [2.24, 2.45) is 0 Å². The Morgan fingerprint density at radius 3 is 2.58 bits per heavy atom. The average Bonchev–Trinajstić information content (AvgIpc) is 2.73. The lowest BCUT2D eigenvalue weighted by molar-refractivity contribution is 0.0640. The van der Waals surface area contributed by atoms with Crippen molar-refractivity contribution in [2.75, 3.05) is 0 Å². The molecule has 0 radical (unpaired) electrons. The Hall–Kier alpha value is -1.90. The lowest BCUT2D eigenvalue weighted by Gasteiger charge is -2.06. The first kappa shape index (κ1) is 13.5. The van der Waals surface area contributed by atoms with Gasteiger partial charge < -0.3 is 14.8 Å². The second-order valence-electron chi connectivity index (χ2n) is 3.81. The van der Waals surface area contributed by atoms with E-state index in [-0.39, 0.29) is 12.2 Å². The van der Waals surface area contributed by atoms with Gasteiger partial charge in [0.25, 0.3) is 0 Å². The quantitative estimate of drug-likeness (QED) is 0.801. The maximum absolute atomic E-state index is 11.1. The average molecular weight is 372 g/mol. The van der Waals surface area contributed by atoms with Gasteiger partial charge in [0.15, 0.2) is 11.4 Å². The second kappa shape index (κ2) is 5.39. The molecular weight excluding hydrogens is 363 g/mol. The van der Waals surface area contributed by atoms with Crippen molar-refractivity contribution < 1.29 is 19.8 Å². The molecule has 0 aliphatic carbocycles. The molecule has 19 heavy (non-hydrogen) atoms. The molecule has 98 valence electrons. The molecular formula is C12H9IN2O4. The van der Waals surface area contributed by atoms with Crippen LogP contribution in [0.25, 0.3) is 0 Å². The van der Waals surface area contributed by atoms with Crippen molar-refractivity contribution in [1.82, 2.24) is 9.55 Å². The molecule has 0 spiro atoms. The highest BCUT2D eigenvalue weighted by Gasteiger charge is 2.22. The molecule has 1 heterocycles. The molecule has 0 atom stereocenters. The summed E-state index contributed by atoms with van der Waals surface area (Å²) in [5.74, 6) is -2.65. The number of aromatic carboxylic acids is 2. The van der Waals surface area contributed by atoms with Gasteiger partial charge in [-0.05, 0) is 40.3 Å². The van der Waals surface area contributed by atoms with Crippen LogP contribution >= 0.6 is 22.6 Å². The van der Waals surface area contributed by atoms with Crippen LogP contribution in [0.15, 0.2) is 30.6 Å². The second-order valence-corrected chi connectivity index (χ2v) is 5.06. The molecule has 0 aliphatic heterocycles. The lowest BCUT2D eigenvalue weighted by Crippen LogP contribution is -2.13. The van der Waals surface area contributed by atoms with Crippen LogP contribution in [-0.4, -0.2) is 31.7 Å². The van der Waals surface area contributed by atoms with Crippen LogP contribution in [0.5, 0.6) is 0 Å². The van der Waals surface area contributed by atoms with E-state index in [0.29, 0.717) is 0 Å². The van der Waals surface area contributed by atoms with Crippen LogP contribution in [0.3, 0.4) is 0 Å². The molecule has 0 saturated heterocycles. The first-order chi connectivity index (χ1) is 8.99. The topological polar surface area (TPSA) is 92.4 Å². The lowest BCUT2D eigenvalue weighted by atomic mass is 10.2. The molecule has 0 unspecified atom stereocenters. The van der Waals surface area contributed by atoms with E-state index in [1.165, 1.54) is 10.9 Å². The number of aromatic nitrogens is 2. The van der Waals surface area contributed by atoms with Gasteiger partial charge in [-0.15, -0.1) is 0 Å². The van der Waals surface area contributed by atoms with Gasteiger partial charge in [0.2, 0.25) is 0 Å².